The number of fused-ring (bicyclic) bond motifs is 3. The van der Waals surface area contributed by atoms with E-state index in [0.717, 1.165) is 36.1 Å². The Morgan fingerprint density at radius 2 is 1.83 bits per heavy atom. The monoisotopic (exact) mass is 327 g/mol. The second-order valence-corrected chi connectivity index (χ2v) is 7.12. The maximum Gasteiger partial charge on any atom is 0.262 e. The second kappa shape index (κ2) is 5.70. The predicted molar refractivity (Wildman–Crippen MR) is 87.7 cm³/mol. The first-order valence-corrected chi connectivity index (χ1v) is 8.53. The topological polar surface area (TPSA) is 78.5 Å². The summed E-state index contributed by atoms with van der Waals surface area (Å²) in [4.78, 5) is 38.2. The zero-order chi connectivity index (χ0) is 16.8. The normalized spacial score (nSPS) is 28.2. The summed E-state index contributed by atoms with van der Waals surface area (Å²) >= 11 is 0. The minimum Gasteiger partial charge on any atom is -0.352 e. The molecular formula is C18H21N3O3. The Kier molecular flexibility index (Phi) is 3.64. The highest BCUT2D eigenvalue weighted by Gasteiger charge is 2.38. The molecule has 24 heavy (non-hydrogen) atoms. The minimum atomic E-state index is -0.379. The lowest BCUT2D eigenvalue weighted by Crippen LogP contribution is -2.50. The molecule has 1 aromatic carbocycles. The van der Waals surface area contributed by atoms with E-state index in [9.17, 15) is 14.4 Å². The van der Waals surface area contributed by atoms with Gasteiger partial charge < -0.3 is 10.6 Å². The zero-order valence-corrected chi connectivity index (χ0v) is 13.7. The summed E-state index contributed by atoms with van der Waals surface area (Å²) in [5.41, 5.74) is 1.71. The van der Waals surface area contributed by atoms with E-state index in [1.54, 1.807) is 18.2 Å². The lowest BCUT2D eigenvalue weighted by atomic mass is 10.00. The van der Waals surface area contributed by atoms with Crippen LogP contribution in [0.2, 0.25) is 0 Å². The molecule has 126 valence electrons. The smallest absolute Gasteiger partial charge is 0.262 e. The standard InChI is InChI=1S/C18H21N3O3/c1-10-2-5-14-15(6-10)18(24)21(17(14)23)9-16(22)20-13-7-11-3-4-12(8-13)19-11/h2,5-6,11-13,19H,3-4,7-9H2,1H3,(H,20,22). The van der Waals surface area contributed by atoms with E-state index < -0.39 is 0 Å². The summed E-state index contributed by atoms with van der Waals surface area (Å²) in [6.07, 6.45) is 4.16. The molecule has 3 aliphatic heterocycles. The third kappa shape index (κ3) is 2.60. The van der Waals surface area contributed by atoms with E-state index in [0.29, 0.717) is 23.2 Å². The highest BCUT2D eigenvalue weighted by Crippen LogP contribution is 2.27. The molecule has 6 nitrogen and oxygen atoms in total. The Morgan fingerprint density at radius 1 is 1.17 bits per heavy atom. The number of hydrogen-bond acceptors (Lipinski definition) is 4. The predicted octanol–water partition coefficient (Wildman–Crippen LogP) is 0.990. The van der Waals surface area contributed by atoms with Crippen molar-refractivity contribution in [2.75, 3.05) is 6.54 Å². The van der Waals surface area contributed by atoms with Gasteiger partial charge in [-0.3, -0.25) is 19.3 Å². The van der Waals surface area contributed by atoms with Crippen LogP contribution in [0.15, 0.2) is 18.2 Å². The quantitative estimate of drug-likeness (QED) is 0.812. The van der Waals surface area contributed by atoms with Crippen LogP contribution < -0.4 is 10.6 Å². The van der Waals surface area contributed by atoms with Crippen LogP contribution in [0.25, 0.3) is 0 Å². The van der Waals surface area contributed by atoms with Crippen molar-refractivity contribution >= 4 is 17.7 Å². The maximum absolute atomic E-state index is 12.4. The number of piperidine rings is 1. The van der Waals surface area contributed by atoms with Gasteiger partial charge in [0.25, 0.3) is 11.8 Å². The number of nitrogens with zero attached hydrogens (tertiary/aromatic N) is 1. The Labute approximate surface area is 140 Å². The Hall–Kier alpha value is -2.21. The molecule has 0 radical (unpaired) electrons. The average molecular weight is 327 g/mol. The van der Waals surface area contributed by atoms with Gasteiger partial charge in [0.15, 0.2) is 0 Å². The number of carbonyl (C=O) groups is 3. The van der Waals surface area contributed by atoms with Crippen LogP contribution in [0.5, 0.6) is 0 Å². The lowest BCUT2D eigenvalue weighted by molar-refractivity contribution is -0.122. The molecule has 1 aromatic rings. The van der Waals surface area contributed by atoms with Gasteiger partial charge in [-0.2, -0.15) is 0 Å². The van der Waals surface area contributed by atoms with Gasteiger partial charge in [0.1, 0.15) is 6.54 Å². The number of benzene rings is 1. The molecule has 0 aromatic heterocycles. The summed E-state index contributed by atoms with van der Waals surface area (Å²) in [5.74, 6) is -1.01. The van der Waals surface area contributed by atoms with E-state index >= 15 is 0 Å². The van der Waals surface area contributed by atoms with E-state index in [2.05, 4.69) is 10.6 Å². The van der Waals surface area contributed by atoms with Crippen molar-refractivity contribution in [3.05, 3.63) is 34.9 Å². The van der Waals surface area contributed by atoms with Crippen molar-refractivity contribution < 1.29 is 14.4 Å². The molecule has 2 atom stereocenters. The Balaban J connectivity index is 1.41. The number of hydrogen-bond donors (Lipinski definition) is 2. The van der Waals surface area contributed by atoms with E-state index in [4.69, 9.17) is 0 Å². The maximum atomic E-state index is 12.4. The number of aryl methyl sites for hydroxylation is 1. The van der Waals surface area contributed by atoms with Crippen molar-refractivity contribution in [2.45, 2.75) is 50.7 Å². The number of carbonyl (C=O) groups excluding carboxylic acids is 3. The van der Waals surface area contributed by atoms with Crippen molar-refractivity contribution in [1.82, 2.24) is 15.5 Å². The van der Waals surface area contributed by atoms with E-state index in [1.165, 1.54) is 0 Å². The first kappa shape index (κ1) is 15.3. The van der Waals surface area contributed by atoms with Gasteiger partial charge in [0, 0.05) is 18.1 Å². The van der Waals surface area contributed by atoms with Gasteiger partial charge in [-0.15, -0.1) is 0 Å². The highest BCUT2D eigenvalue weighted by molar-refractivity contribution is 6.22. The van der Waals surface area contributed by atoms with Gasteiger partial charge in [-0.05, 0) is 44.7 Å². The molecule has 0 spiro atoms. The second-order valence-electron chi connectivity index (χ2n) is 7.12. The van der Waals surface area contributed by atoms with Gasteiger partial charge in [-0.25, -0.2) is 0 Å². The molecule has 3 heterocycles. The SMILES string of the molecule is Cc1ccc2c(c1)C(=O)N(CC(=O)NC1CC3CCC(C1)N3)C2=O. The first-order valence-electron chi connectivity index (χ1n) is 8.53. The highest BCUT2D eigenvalue weighted by atomic mass is 16.2. The molecule has 2 N–H and O–H groups in total. The third-order valence-corrected chi connectivity index (χ3v) is 5.27. The zero-order valence-electron chi connectivity index (χ0n) is 13.7. The summed E-state index contributed by atoms with van der Waals surface area (Å²) in [6, 6.07) is 6.27. The summed E-state index contributed by atoms with van der Waals surface area (Å²) < 4.78 is 0. The third-order valence-electron chi connectivity index (χ3n) is 5.27. The van der Waals surface area contributed by atoms with Crippen LogP contribution >= 0.6 is 0 Å². The molecular weight excluding hydrogens is 306 g/mol. The fourth-order valence-electron chi connectivity index (χ4n) is 4.14. The van der Waals surface area contributed by atoms with E-state index in [1.807, 2.05) is 6.92 Å². The molecule has 2 saturated heterocycles. The molecule has 0 aliphatic carbocycles. The van der Waals surface area contributed by atoms with Crippen LogP contribution in [0.3, 0.4) is 0 Å². The Morgan fingerprint density at radius 3 is 2.54 bits per heavy atom. The molecule has 2 unspecified atom stereocenters. The van der Waals surface area contributed by atoms with Crippen molar-refractivity contribution in [2.24, 2.45) is 0 Å². The molecule has 3 amide bonds. The molecule has 2 bridgehead atoms. The van der Waals surface area contributed by atoms with Crippen LogP contribution in [-0.2, 0) is 4.79 Å². The largest absolute Gasteiger partial charge is 0.352 e. The van der Waals surface area contributed by atoms with Crippen molar-refractivity contribution in [3.63, 3.8) is 0 Å². The number of imide groups is 1. The van der Waals surface area contributed by atoms with Crippen LogP contribution in [0.4, 0.5) is 0 Å². The summed E-state index contributed by atoms with van der Waals surface area (Å²) in [5, 5.41) is 6.53. The molecule has 6 heteroatoms. The number of nitrogens with one attached hydrogen (secondary N) is 2. The first-order chi connectivity index (χ1) is 11.5. The fraction of sp³-hybridized carbons (Fsp3) is 0.500. The lowest BCUT2D eigenvalue weighted by Gasteiger charge is -2.30. The average Bonchev–Trinajstić information content (AvgIpc) is 2.99. The van der Waals surface area contributed by atoms with Crippen LogP contribution in [0.1, 0.15) is 52.0 Å². The molecule has 0 saturated carbocycles. The van der Waals surface area contributed by atoms with Crippen LogP contribution in [0, 0.1) is 6.92 Å². The summed E-state index contributed by atoms with van der Waals surface area (Å²) in [6.45, 7) is 1.67. The molecule has 2 fully saturated rings. The number of rotatable bonds is 3. The van der Waals surface area contributed by atoms with Crippen LogP contribution in [-0.4, -0.2) is 47.3 Å². The minimum absolute atomic E-state index is 0.133. The van der Waals surface area contributed by atoms with E-state index in [-0.39, 0.29) is 30.3 Å². The van der Waals surface area contributed by atoms with Gasteiger partial charge >= 0.3 is 0 Å². The summed E-state index contributed by atoms with van der Waals surface area (Å²) in [7, 11) is 0. The number of amides is 3. The Bertz CT molecular complexity index is 718. The molecule has 4 rings (SSSR count). The van der Waals surface area contributed by atoms with Gasteiger partial charge in [0.05, 0.1) is 11.1 Å². The van der Waals surface area contributed by atoms with Crippen molar-refractivity contribution in [1.29, 1.82) is 0 Å². The molecule has 3 aliphatic rings. The fourth-order valence-corrected chi connectivity index (χ4v) is 4.14. The van der Waals surface area contributed by atoms with Gasteiger partial charge in [0.2, 0.25) is 5.91 Å². The van der Waals surface area contributed by atoms with Crippen molar-refractivity contribution in [3.8, 4) is 0 Å². The van der Waals surface area contributed by atoms with Gasteiger partial charge in [-0.1, -0.05) is 11.6 Å².